The largest absolute Gasteiger partial charge is 0.416 e. The van der Waals surface area contributed by atoms with Crippen LogP contribution in [-0.2, 0) is 12.7 Å². The standard InChI is InChI=1S/C12H15F3N2.2ClH/c13-12(14,15)10-3-1-2-9(6-10)7-17-5-4-11(16)8-17;;/h1-3,6,11H,4-5,7-8,16H2;2*1H. The number of hydrogen-bond acceptors (Lipinski definition) is 2. The number of nitrogens with zero attached hydrogens (tertiary/aromatic N) is 1. The molecule has 110 valence electrons. The number of alkyl halides is 3. The predicted molar refractivity (Wildman–Crippen MR) is 73.8 cm³/mol. The Hall–Kier alpha value is -0.490. The van der Waals surface area contributed by atoms with Crippen molar-refractivity contribution in [2.24, 2.45) is 5.73 Å². The first-order chi connectivity index (χ1) is 7.95. The molecule has 2 N–H and O–H groups in total. The normalized spacial score (nSPS) is 19.7. The third kappa shape index (κ3) is 5.18. The van der Waals surface area contributed by atoms with Crippen LogP contribution in [0.25, 0.3) is 0 Å². The van der Waals surface area contributed by atoms with Crippen LogP contribution in [0.1, 0.15) is 17.5 Å². The van der Waals surface area contributed by atoms with E-state index in [9.17, 15) is 13.2 Å². The van der Waals surface area contributed by atoms with Crippen molar-refractivity contribution < 1.29 is 13.2 Å². The molecule has 1 atom stereocenters. The number of nitrogens with two attached hydrogens (primary N) is 1. The first-order valence-corrected chi connectivity index (χ1v) is 5.59. The smallest absolute Gasteiger partial charge is 0.326 e. The summed E-state index contributed by atoms with van der Waals surface area (Å²) in [6, 6.07) is 5.64. The summed E-state index contributed by atoms with van der Waals surface area (Å²) in [6.45, 7) is 2.16. The van der Waals surface area contributed by atoms with Crippen molar-refractivity contribution in [2.45, 2.75) is 25.2 Å². The van der Waals surface area contributed by atoms with Crippen molar-refractivity contribution >= 4 is 24.8 Å². The molecule has 0 spiro atoms. The zero-order valence-corrected chi connectivity index (χ0v) is 11.8. The average molecular weight is 317 g/mol. The molecule has 0 bridgehead atoms. The van der Waals surface area contributed by atoms with Crippen molar-refractivity contribution in [1.82, 2.24) is 4.90 Å². The molecule has 1 saturated heterocycles. The lowest BCUT2D eigenvalue weighted by Crippen LogP contribution is -2.26. The summed E-state index contributed by atoms with van der Waals surface area (Å²) in [6.07, 6.45) is -3.35. The monoisotopic (exact) mass is 316 g/mol. The number of likely N-dealkylation sites (tertiary alicyclic amines) is 1. The fraction of sp³-hybridized carbons (Fsp3) is 0.500. The lowest BCUT2D eigenvalue weighted by atomic mass is 10.1. The Bertz CT molecular complexity index is 399. The van der Waals surface area contributed by atoms with Gasteiger partial charge in [0.2, 0.25) is 0 Å². The van der Waals surface area contributed by atoms with Crippen molar-refractivity contribution in [1.29, 1.82) is 0 Å². The lowest BCUT2D eigenvalue weighted by Gasteiger charge is -2.16. The van der Waals surface area contributed by atoms with E-state index < -0.39 is 11.7 Å². The third-order valence-corrected chi connectivity index (χ3v) is 2.97. The molecule has 19 heavy (non-hydrogen) atoms. The van der Waals surface area contributed by atoms with Crippen LogP contribution >= 0.6 is 24.8 Å². The molecule has 1 aromatic rings. The highest BCUT2D eigenvalue weighted by Gasteiger charge is 2.30. The summed E-state index contributed by atoms with van der Waals surface area (Å²) in [7, 11) is 0. The highest BCUT2D eigenvalue weighted by molar-refractivity contribution is 5.85. The van der Waals surface area contributed by atoms with Gasteiger partial charge < -0.3 is 5.73 Å². The van der Waals surface area contributed by atoms with Crippen molar-refractivity contribution in [3.63, 3.8) is 0 Å². The quantitative estimate of drug-likeness (QED) is 0.908. The van der Waals surface area contributed by atoms with E-state index >= 15 is 0 Å². The molecular weight excluding hydrogens is 300 g/mol. The van der Waals surface area contributed by atoms with Crippen LogP contribution in [0.5, 0.6) is 0 Å². The number of hydrogen-bond donors (Lipinski definition) is 1. The molecule has 1 aliphatic rings. The van der Waals surface area contributed by atoms with Gasteiger partial charge in [0.1, 0.15) is 0 Å². The van der Waals surface area contributed by atoms with E-state index in [-0.39, 0.29) is 30.9 Å². The van der Waals surface area contributed by atoms with Gasteiger partial charge in [0, 0.05) is 25.7 Å². The molecule has 2 rings (SSSR count). The Morgan fingerprint density at radius 1 is 1.26 bits per heavy atom. The van der Waals surface area contributed by atoms with E-state index in [4.69, 9.17) is 5.73 Å². The molecule has 0 amide bonds. The van der Waals surface area contributed by atoms with Crippen LogP contribution < -0.4 is 5.73 Å². The predicted octanol–water partition coefficient (Wildman–Crippen LogP) is 3.08. The summed E-state index contributed by atoms with van der Waals surface area (Å²) in [4.78, 5) is 2.08. The van der Waals surface area contributed by atoms with Crippen molar-refractivity contribution in [2.75, 3.05) is 13.1 Å². The molecule has 0 radical (unpaired) electrons. The molecule has 1 aliphatic heterocycles. The maximum atomic E-state index is 12.5. The van der Waals surface area contributed by atoms with Gasteiger partial charge in [0.25, 0.3) is 0 Å². The molecule has 1 aromatic carbocycles. The van der Waals surface area contributed by atoms with Crippen LogP contribution in [0.4, 0.5) is 13.2 Å². The molecule has 1 unspecified atom stereocenters. The zero-order valence-electron chi connectivity index (χ0n) is 10.2. The van der Waals surface area contributed by atoms with Crippen molar-refractivity contribution in [3.8, 4) is 0 Å². The van der Waals surface area contributed by atoms with Gasteiger partial charge in [-0.2, -0.15) is 13.2 Å². The topological polar surface area (TPSA) is 29.3 Å². The Labute approximate surface area is 123 Å². The zero-order chi connectivity index (χ0) is 12.5. The van der Waals surface area contributed by atoms with Gasteiger partial charge in [-0.05, 0) is 18.1 Å². The second-order valence-corrected chi connectivity index (χ2v) is 4.48. The second-order valence-electron chi connectivity index (χ2n) is 4.48. The fourth-order valence-electron chi connectivity index (χ4n) is 2.11. The van der Waals surface area contributed by atoms with Gasteiger partial charge in [0.15, 0.2) is 0 Å². The molecule has 0 aliphatic carbocycles. The summed E-state index contributed by atoms with van der Waals surface area (Å²) in [5, 5.41) is 0. The minimum Gasteiger partial charge on any atom is -0.326 e. The van der Waals surface area contributed by atoms with Gasteiger partial charge in [-0.15, -0.1) is 24.8 Å². The van der Waals surface area contributed by atoms with Crippen LogP contribution in [-0.4, -0.2) is 24.0 Å². The average Bonchev–Trinajstić information content (AvgIpc) is 2.63. The van der Waals surface area contributed by atoms with E-state index in [1.807, 2.05) is 0 Å². The first-order valence-electron chi connectivity index (χ1n) is 5.59. The maximum absolute atomic E-state index is 12.5. The third-order valence-electron chi connectivity index (χ3n) is 2.97. The van der Waals surface area contributed by atoms with Gasteiger partial charge in [0.05, 0.1) is 5.56 Å². The van der Waals surface area contributed by atoms with E-state index in [1.165, 1.54) is 12.1 Å². The van der Waals surface area contributed by atoms with E-state index in [0.29, 0.717) is 12.1 Å². The van der Waals surface area contributed by atoms with Crippen molar-refractivity contribution in [3.05, 3.63) is 35.4 Å². The van der Waals surface area contributed by atoms with E-state index in [0.717, 1.165) is 25.6 Å². The summed E-state index contributed by atoms with van der Waals surface area (Å²) < 4.78 is 37.5. The maximum Gasteiger partial charge on any atom is 0.416 e. The van der Waals surface area contributed by atoms with Crippen LogP contribution in [0.15, 0.2) is 24.3 Å². The number of benzene rings is 1. The molecule has 0 aromatic heterocycles. The fourth-order valence-corrected chi connectivity index (χ4v) is 2.11. The molecule has 1 fully saturated rings. The number of rotatable bonds is 2. The molecule has 1 heterocycles. The Morgan fingerprint density at radius 2 is 1.95 bits per heavy atom. The highest BCUT2D eigenvalue weighted by atomic mass is 35.5. The molecule has 2 nitrogen and oxygen atoms in total. The van der Waals surface area contributed by atoms with Gasteiger partial charge >= 0.3 is 6.18 Å². The molecular formula is C12H17Cl2F3N2. The Balaban J connectivity index is 0.00000162. The van der Waals surface area contributed by atoms with Gasteiger partial charge in [-0.25, -0.2) is 0 Å². The minimum atomic E-state index is -4.27. The van der Waals surface area contributed by atoms with E-state index in [1.54, 1.807) is 6.07 Å². The van der Waals surface area contributed by atoms with Gasteiger partial charge in [-0.3, -0.25) is 4.90 Å². The first kappa shape index (κ1) is 18.5. The van der Waals surface area contributed by atoms with E-state index in [2.05, 4.69) is 4.90 Å². The SMILES string of the molecule is Cl.Cl.NC1CCN(Cc2cccc(C(F)(F)F)c2)C1. The number of halogens is 5. The highest BCUT2D eigenvalue weighted by Crippen LogP contribution is 2.29. The minimum absolute atomic E-state index is 0. The summed E-state index contributed by atoms with van der Waals surface area (Å²) in [5.41, 5.74) is 5.86. The molecule has 0 saturated carbocycles. The summed E-state index contributed by atoms with van der Waals surface area (Å²) in [5.74, 6) is 0. The molecule has 7 heteroatoms. The van der Waals surface area contributed by atoms with Crippen LogP contribution in [0.3, 0.4) is 0 Å². The van der Waals surface area contributed by atoms with Crippen LogP contribution in [0, 0.1) is 0 Å². The summed E-state index contributed by atoms with van der Waals surface area (Å²) >= 11 is 0. The Morgan fingerprint density at radius 3 is 2.47 bits per heavy atom. The van der Waals surface area contributed by atoms with Crippen LogP contribution in [0.2, 0.25) is 0 Å². The second kappa shape index (κ2) is 7.33. The lowest BCUT2D eigenvalue weighted by molar-refractivity contribution is -0.137. The van der Waals surface area contributed by atoms with Gasteiger partial charge in [-0.1, -0.05) is 18.2 Å². The Kier molecular flexibility index (Phi) is 7.15.